The molecule has 2 aliphatic heterocycles. The third kappa shape index (κ3) is 2.05. The summed E-state index contributed by atoms with van der Waals surface area (Å²) in [5, 5.41) is 3.33. The second-order valence-corrected chi connectivity index (χ2v) is 5.23. The first-order valence-corrected chi connectivity index (χ1v) is 6.72. The fraction of sp³-hybridized carbons (Fsp3) is 0.312. The molecule has 3 nitrogen and oxygen atoms in total. The van der Waals surface area contributed by atoms with Crippen LogP contribution in [0.2, 0.25) is 0 Å². The number of hydrogen-bond donors (Lipinski definition) is 1. The van der Waals surface area contributed by atoms with E-state index < -0.39 is 0 Å². The molecule has 19 heavy (non-hydrogen) atoms. The Morgan fingerprint density at radius 2 is 2.16 bits per heavy atom. The summed E-state index contributed by atoms with van der Waals surface area (Å²) in [6.45, 7) is 8.45. The minimum Gasteiger partial charge on any atom is -0.389 e. The van der Waals surface area contributed by atoms with E-state index in [1.165, 1.54) is 0 Å². The molecule has 2 heterocycles. The number of para-hydroxylation sites is 2. The summed E-state index contributed by atoms with van der Waals surface area (Å²) in [6, 6.07) is 9.10. The maximum absolute atomic E-state index is 4.63. The van der Waals surface area contributed by atoms with Crippen LogP contribution in [0, 0.1) is 0 Å². The molecule has 1 aromatic rings. The van der Waals surface area contributed by atoms with Crippen molar-refractivity contribution in [3.05, 3.63) is 48.8 Å². The van der Waals surface area contributed by atoms with Gasteiger partial charge in [0.2, 0.25) is 0 Å². The highest BCUT2D eigenvalue weighted by atomic mass is 15.2. The average Bonchev–Trinajstić information content (AvgIpc) is 2.40. The van der Waals surface area contributed by atoms with Crippen molar-refractivity contribution < 1.29 is 0 Å². The summed E-state index contributed by atoms with van der Waals surface area (Å²) in [6.07, 6.45) is 5.33. The van der Waals surface area contributed by atoms with Crippen molar-refractivity contribution in [2.75, 3.05) is 4.90 Å². The average molecular weight is 253 g/mol. The van der Waals surface area contributed by atoms with Crippen molar-refractivity contribution in [3.63, 3.8) is 0 Å². The van der Waals surface area contributed by atoms with Gasteiger partial charge in [0.25, 0.3) is 0 Å². The smallest absolute Gasteiger partial charge is 0.0870 e. The first kappa shape index (κ1) is 12.0. The van der Waals surface area contributed by atoms with Crippen molar-refractivity contribution >= 4 is 17.1 Å². The summed E-state index contributed by atoms with van der Waals surface area (Å²) in [7, 11) is 0. The molecule has 0 radical (unpaired) electrons. The van der Waals surface area contributed by atoms with E-state index in [0.717, 1.165) is 29.2 Å². The maximum Gasteiger partial charge on any atom is 0.0870 e. The van der Waals surface area contributed by atoms with Crippen molar-refractivity contribution in [2.24, 2.45) is 4.99 Å². The van der Waals surface area contributed by atoms with E-state index in [4.69, 9.17) is 0 Å². The Balaban J connectivity index is 2.05. The van der Waals surface area contributed by atoms with Crippen LogP contribution in [-0.4, -0.2) is 17.8 Å². The number of benzene rings is 1. The Labute approximate surface area is 114 Å². The van der Waals surface area contributed by atoms with E-state index in [9.17, 15) is 0 Å². The standard InChI is InChI=1S/C16H19N3/c1-11-10-14(8-9-17-11)19-13(3)12(2)18-15-6-4-5-7-16(15)19/h4-9,11,14,17H,3,10H2,1-2H3. The third-order valence-electron chi connectivity index (χ3n) is 3.76. The van der Waals surface area contributed by atoms with Crippen LogP contribution >= 0.6 is 0 Å². The Hall–Kier alpha value is -2.03. The highest BCUT2D eigenvalue weighted by Gasteiger charge is 2.28. The van der Waals surface area contributed by atoms with Crippen molar-refractivity contribution in [1.82, 2.24) is 5.32 Å². The van der Waals surface area contributed by atoms with Gasteiger partial charge >= 0.3 is 0 Å². The molecule has 0 spiro atoms. The van der Waals surface area contributed by atoms with E-state index in [2.05, 4.69) is 59.2 Å². The Morgan fingerprint density at radius 3 is 2.95 bits per heavy atom. The molecule has 1 N–H and O–H groups in total. The van der Waals surface area contributed by atoms with E-state index in [1.807, 2.05) is 13.0 Å². The third-order valence-corrected chi connectivity index (χ3v) is 3.76. The van der Waals surface area contributed by atoms with Gasteiger partial charge in [-0.05, 0) is 44.7 Å². The maximum atomic E-state index is 4.63. The van der Waals surface area contributed by atoms with Crippen LogP contribution in [0.25, 0.3) is 0 Å². The Kier molecular flexibility index (Phi) is 2.90. The lowest BCUT2D eigenvalue weighted by Crippen LogP contribution is -2.43. The van der Waals surface area contributed by atoms with Gasteiger partial charge in [0, 0.05) is 6.04 Å². The lowest BCUT2D eigenvalue weighted by molar-refractivity contribution is 0.516. The fourth-order valence-electron chi connectivity index (χ4n) is 2.74. The number of nitrogens with zero attached hydrogens (tertiary/aromatic N) is 2. The molecule has 3 heteroatoms. The highest BCUT2D eigenvalue weighted by Crippen LogP contribution is 2.38. The molecule has 0 aliphatic carbocycles. The van der Waals surface area contributed by atoms with Gasteiger partial charge in [-0.15, -0.1) is 0 Å². The number of rotatable bonds is 1. The lowest BCUT2D eigenvalue weighted by Gasteiger charge is -2.39. The molecule has 1 aromatic carbocycles. The molecule has 2 unspecified atom stereocenters. The molecular weight excluding hydrogens is 234 g/mol. The van der Waals surface area contributed by atoms with Gasteiger partial charge < -0.3 is 10.2 Å². The number of nitrogens with one attached hydrogen (secondary N) is 1. The molecule has 2 atom stereocenters. The molecule has 3 rings (SSSR count). The van der Waals surface area contributed by atoms with Crippen LogP contribution in [0.15, 0.2) is 53.8 Å². The minimum atomic E-state index is 0.343. The SMILES string of the molecule is C=C1C(C)=Nc2ccccc2N1C1C=CNC(C)C1. The molecule has 98 valence electrons. The van der Waals surface area contributed by atoms with Gasteiger partial charge in [-0.2, -0.15) is 0 Å². The quantitative estimate of drug-likeness (QED) is 0.831. The summed E-state index contributed by atoms with van der Waals surface area (Å²) >= 11 is 0. The number of hydrogen-bond acceptors (Lipinski definition) is 3. The van der Waals surface area contributed by atoms with Gasteiger partial charge in [-0.3, -0.25) is 0 Å². The lowest BCUT2D eigenvalue weighted by atomic mass is 10.00. The fourth-order valence-corrected chi connectivity index (χ4v) is 2.74. The van der Waals surface area contributed by atoms with Gasteiger partial charge in [0.05, 0.1) is 28.8 Å². The molecule has 0 amide bonds. The van der Waals surface area contributed by atoms with Crippen LogP contribution in [0.5, 0.6) is 0 Å². The van der Waals surface area contributed by atoms with E-state index in [-0.39, 0.29) is 0 Å². The topological polar surface area (TPSA) is 27.6 Å². The van der Waals surface area contributed by atoms with Crippen molar-refractivity contribution in [1.29, 1.82) is 0 Å². The number of fused-ring (bicyclic) bond motifs is 1. The summed E-state index contributed by atoms with van der Waals surface area (Å²) in [5.74, 6) is 0. The van der Waals surface area contributed by atoms with Crippen LogP contribution in [-0.2, 0) is 0 Å². The summed E-state index contributed by atoms with van der Waals surface area (Å²) < 4.78 is 0. The van der Waals surface area contributed by atoms with Gasteiger partial charge in [0.1, 0.15) is 0 Å². The predicted octanol–water partition coefficient (Wildman–Crippen LogP) is 3.38. The minimum absolute atomic E-state index is 0.343. The second kappa shape index (κ2) is 4.57. The van der Waals surface area contributed by atoms with Crippen molar-refractivity contribution in [2.45, 2.75) is 32.4 Å². The summed E-state index contributed by atoms with van der Waals surface area (Å²) in [5.41, 5.74) is 4.19. The molecule has 0 bridgehead atoms. The molecule has 0 saturated carbocycles. The van der Waals surface area contributed by atoms with E-state index >= 15 is 0 Å². The predicted molar refractivity (Wildman–Crippen MR) is 81.0 cm³/mol. The normalized spacial score (nSPS) is 25.7. The van der Waals surface area contributed by atoms with Crippen LogP contribution in [0.4, 0.5) is 11.4 Å². The van der Waals surface area contributed by atoms with Gasteiger partial charge in [0.15, 0.2) is 0 Å². The number of aliphatic imine (C=N–C) groups is 1. The highest BCUT2D eigenvalue weighted by molar-refractivity contribution is 6.06. The summed E-state index contributed by atoms with van der Waals surface area (Å²) in [4.78, 5) is 6.94. The van der Waals surface area contributed by atoms with Gasteiger partial charge in [-0.25, -0.2) is 4.99 Å². The molecular formula is C16H19N3. The van der Waals surface area contributed by atoms with Crippen LogP contribution in [0.3, 0.4) is 0 Å². The van der Waals surface area contributed by atoms with E-state index in [1.54, 1.807) is 0 Å². The molecule has 2 aliphatic rings. The Morgan fingerprint density at radius 1 is 1.37 bits per heavy atom. The largest absolute Gasteiger partial charge is 0.389 e. The first-order valence-electron chi connectivity index (χ1n) is 6.72. The Bertz CT molecular complexity index is 571. The second-order valence-electron chi connectivity index (χ2n) is 5.23. The zero-order valence-corrected chi connectivity index (χ0v) is 11.4. The van der Waals surface area contributed by atoms with Gasteiger partial charge in [-0.1, -0.05) is 18.7 Å². The molecule has 0 fully saturated rings. The molecule has 0 aromatic heterocycles. The zero-order valence-electron chi connectivity index (χ0n) is 11.4. The first-order chi connectivity index (χ1) is 9.16. The number of anilines is 1. The van der Waals surface area contributed by atoms with Crippen LogP contribution < -0.4 is 10.2 Å². The molecule has 0 saturated heterocycles. The van der Waals surface area contributed by atoms with Crippen LogP contribution in [0.1, 0.15) is 20.3 Å². The number of allylic oxidation sites excluding steroid dienone is 1. The van der Waals surface area contributed by atoms with Crippen molar-refractivity contribution in [3.8, 4) is 0 Å². The van der Waals surface area contributed by atoms with E-state index in [0.29, 0.717) is 12.1 Å². The monoisotopic (exact) mass is 253 g/mol. The zero-order chi connectivity index (χ0) is 13.4.